The van der Waals surface area contributed by atoms with Gasteiger partial charge in [-0.15, -0.1) is 35.3 Å². The lowest BCUT2D eigenvalue weighted by Crippen LogP contribution is -2.47. The van der Waals surface area contributed by atoms with E-state index in [1.807, 2.05) is 19.1 Å². The molecule has 1 aliphatic rings. The van der Waals surface area contributed by atoms with Crippen molar-refractivity contribution in [2.24, 2.45) is 4.99 Å². The molecule has 0 saturated carbocycles. The van der Waals surface area contributed by atoms with Crippen LogP contribution in [-0.4, -0.2) is 68.7 Å². The van der Waals surface area contributed by atoms with Gasteiger partial charge < -0.3 is 15.5 Å². The largest absolute Gasteiger partial charge is 0.367 e. The van der Waals surface area contributed by atoms with E-state index in [9.17, 15) is 4.39 Å². The first kappa shape index (κ1) is 24.8. The molecule has 0 unspecified atom stereocenters. The van der Waals surface area contributed by atoms with Gasteiger partial charge in [0.05, 0.1) is 16.4 Å². The standard InChI is InChI=1S/C21H31FN6S.HI/c1-17-26-18(16-29-17)8-10-25-21(23-2)24-9-5-11-27-12-14-28(15-13-27)20-7-4-3-6-19(20)22;/h3-4,6-7,16H,5,8-15H2,1-2H3,(H2,23,24,25);1H. The van der Waals surface area contributed by atoms with E-state index in [-0.39, 0.29) is 29.8 Å². The van der Waals surface area contributed by atoms with Crippen molar-refractivity contribution in [1.29, 1.82) is 0 Å². The number of para-hydroxylation sites is 1. The van der Waals surface area contributed by atoms with E-state index in [1.54, 1.807) is 24.5 Å². The van der Waals surface area contributed by atoms with Crippen LogP contribution in [0.5, 0.6) is 0 Å². The molecule has 2 N–H and O–H groups in total. The average Bonchev–Trinajstić information content (AvgIpc) is 3.15. The van der Waals surface area contributed by atoms with Gasteiger partial charge in [0.25, 0.3) is 0 Å². The summed E-state index contributed by atoms with van der Waals surface area (Å²) in [5.41, 5.74) is 1.85. The number of guanidine groups is 1. The topological polar surface area (TPSA) is 55.8 Å². The molecule has 166 valence electrons. The molecule has 9 heteroatoms. The lowest BCUT2D eigenvalue weighted by Gasteiger charge is -2.36. The Bertz CT molecular complexity index is 791. The monoisotopic (exact) mass is 546 g/mol. The molecule has 1 aromatic heterocycles. The minimum absolute atomic E-state index is 0. The highest BCUT2D eigenvalue weighted by molar-refractivity contribution is 14.0. The summed E-state index contributed by atoms with van der Waals surface area (Å²) in [6, 6.07) is 7.04. The van der Waals surface area contributed by atoms with Crippen LogP contribution in [0.3, 0.4) is 0 Å². The smallest absolute Gasteiger partial charge is 0.190 e. The number of hydrogen-bond acceptors (Lipinski definition) is 5. The third-order valence-electron chi connectivity index (χ3n) is 5.07. The van der Waals surface area contributed by atoms with E-state index in [2.05, 4.69) is 35.8 Å². The molecular formula is C21H32FIN6S. The first-order valence-electron chi connectivity index (χ1n) is 10.2. The highest BCUT2D eigenvalue weighted by atomic mass is 127. The SMILES string of the molecule is CN=C(NCCCN1CCN(c2ccccc2F)CC1)NCCc1csc(C)n1.I. The molecule has 30 heavy (non-hydrogen) atoms. The van der Waals surface area contributed by atoms with Crippen molar-refractivity contribution in [2.45, 2.75) is 19.8 Å². The van der Waals surface area contributed by atoms with Gasteiger partial charge in [-0.2, -0.15) is 0 Å². The summed E-state index contributed by atoms with van der Waals surface area (Å²) in [5.74, 6) is 0.704. The van der Waals surface area contributed by atoms with Gasteiger partial charge in [-0.1, -0.05) is 12.1 Å². The minimum Gasteiger partial charge on any atom is -0.367 e. The molecule has 6 nitrogen and oxygen atoms in total. The minimum atomic E-state index is -0.131. The van der Waals surface area contributed by atoms with Crippen molar-refractivity contribution in [2.75, 3.05) is 57.8 Å². The van der Waals surface area contributed by atoms with Crippen molar-refractivity contribution in [3.05, 3.63) is 46.2 Å². The zero-order valence-electron chi connectivity index (χ0n) is 17.7. The number of nitrogens with one attached hydrogen (secondary N) is 2. The summed E-state index contributed by atoms with van der Waals surface area (Å²) in [7, 11) is 1.80. The highest BCUT2D eigenvalue weighted by Crippen LogP contribution is 2.20. The number of hydrogen-bond donors (Lipinski definition) is 2. The van der Waals surface area contributed by atoms with Crippen molar-refractivity contribution >= 4 is 47.0 Å². The molecule has 1 aliphatic heterocycles. The number of anilines is 1. The second-order valence-electron chi connectivity index (χ2n) is 7.17. The molecule has 0 atom stereocenters. The second kappa shape index (κ2) is 13.1. The number of aryl methyl sites for hydroxylation is 1. The zero-order chi connectivity index (χ0) is 20.5. The van der Waals surface area contributed by atoms with Crippen molar-refractivity contribution in [3.8, 4) is 0 Å². The van der Waals surface area contributed by atoms with Crippen LogP contribution in [0.15, 0.2) is 34.6 Å². The van der Waals surface area contributed by atoms with Gasteiger partial charge in [-0.25, -0.2) is 9.37 Å². The summed E-state index contributed by atoms with van der Waals surface area (Å²) in [6.07, 6.45) is 1.95. The Morgan fingerprint density at radius 3 is 2.57 bits per heavy atom. The molecule has 1 fully saturated rings. The highest BCUT2D eigenvalue weighted by Gasteiger charge is 2.18. The van der Waals surface area contributed by atoms with E-state index >= 15 is 0 Å². The van der Waals surface area contributed by atoms with Gasteiger partial charge in [-0.05, 0) is 32.0 Å². The Morgan fingerprint density at radius 1 is 1.17 bits per heavy atom. The van der Waals surface area contributed by atoms with E-state index in [1.165, 1.54) is 6.07 Å². The molecule has 1 aromatic carbocycles. The first-order valence-corrected chi connectivity index (χ1v) is 11.1. The Labute approximate surface area is 200 Å². The molecule has 0 bridgehead atoms. The van der Waals surface area contributed by atoms with Gasteiger partial charge in [-0.3, -0.25) is 9.89 Å². The number of benzene rings is 1. The summed E-state index contributed by atoms with van der Waals surface area (Å²) in [4.78, 5) is 13.3. The van der Waals surface area contributed by atoms with E-state index in [0.717, 1.165) is 81.0 Å². The summed E-state index contributed by atoms with van der Waals surface area (Å²) >= 11 is 1.69. The third-order valence-corrected chi connectivity index (χ3v) is 5.90. The Balaban J connectivity index is 0.00000320. The molecule has 0 spiro atoms. The molecular weight excluding hydrogens is 514 g/mol. The van der Waals surface area contributed by atoms with E-state index < -0.39 is 0 Å². The van der Waals surface area contributed by atoms with Crippen LogP contribution >= 0.6 is 35.3 Å². The predicted molar refractivity (Wildman–Crippen MR) is 135 cm³/mol. The average molecular weight is 546 g/mol. The van der Waals surface area contributed by atoms with Gasteiger partial charge in [0.1, 0.15) is 5.82 Å². The number of rotatable bonds is 8. The predicted octanol–water partition coefficient (Wildman–Crippen LogP) is 3.13. The zero-order valence-corrected chi connectivity index (χ0v) is 20.9. The summed E-state index contributed by atoms with van der Waals surface area (Å²) in [5, 5.41) is 9.94. The van der Waals surface area contributed by atoms with Crippen LogP contribution in [0.25, 0.3) is 0 Å². The Hall–Kier alpha value is -1.46. The fraction of sp³-hybridized carbons (Fsp3) is 0.524. The molecule has 1 saturated heterocycles. The molecule has 0 aliphatic carbocycles. The van der Waals surface area contributed by atoms with Gasteiger partial charge in [0.15, 0.2) is 5.96 Å². The third kappa shape index (κ3) is 7.66. The van der Waals surface area contributed by atoms with Crippen LogP contribution in [0.4, 0.5) is 10.1 Å². The van der Waals surface area contributed by atoms with E-state index in [4.69, 9.17) is 0 Å². The maximum atomic E-state index is 13.9. The van der Waals surface area contributed by atoms with E-state index in [0.29, 0.717) is 0 Å². The molecule has 0 amide bonds. The molecule has 2 aromatic rings. The van der Waals surface area contributed by atoms with Crippen molar-refractivity contribution < 1.29 is 4.39 Å². The summed E-state index contributed by atoms with van der Waals surface area (Å²) < 4.78 is 13.9. The molecule has 0 radical (unpaired) electrons. The maximum Gasteiger partial charge on any atom is 0.190 e. The van der Waals surface area contributed by atoms with Crippen LogP contribution < -0.4 is 15.5 Å². The first-order chi connectivity index (χ1) is 14.2. The lowest BCUT2D eigenvalue weighted by atomic mass is 10.2. The maximum absolute atomic E-state index is 13.9. The fourth-order valence-electron chi connectivity index (χ4n) is 3.48. The summed E-state index contributed by atoms with van der Waals surface area (Å²) in [6.45, 7) is 8.43. The normalized spacial score (nSPS) is 15.0. The number of aliphatic imine (C=N–C) groups is 1. The van der Waals surface area contributed by atoms with Crippen LogP contribution in [0, 0.1) is 12.7 Å². The fourth-order valence-corrected chi connectivity index (χ4v) is 4.13. The number of thiazole rings is 1. The number of aromatic nitrogens is 1. The number of piperazine rings is 1. The van der Waals surface area contributed by atoms with Crippen LogP contribution in [-0.2, 0) is 6.42 Å². The van der Waals surface area contributed by atoms with Gasteiger partial charge in [0.2, 0.25) is 0 Å². The Kier molecular flexibility index (Phi) is 10.8. The van der Waals surface area contributed by atoms with Gasteiger partial charge in [0, 0.05) is 58.1 Å². The number of nitrogens with zero attached hydrogens (tertiary/aromatic N) is 4. The van der Waals surface area contributed by atoms with Gasteiger partial charge >= 0.3 is 0 Å². The van der Waals surface area contributed by atoms with Crippen molar-refractivity contribution in [1.82, 2.24) is 20.5 Å². The second-order valence-corrected chi connectivity index (χ2v) is 8.23. The molecule has 2 heterocycles. The number of halogens is 2. The van der Waals surface area contributed by atoms with Crippen molar-refractivity contribution in [3.63, 3.8) is 0 Å². The van der Waals surface area contributed by atoms with Crippen LogP contribution in [0.2, 0.25) is 0 Å². The molecule has 3 rings (SSSR count). The quantitative estimate of drug-likeness (QED) is 0.231. The van der Waals surface area contributed by atoms with Crippen LogP contribution in [0.1, 0.15) is 17.1 Å². The lowest BCUT2D eigenvalue weighted by molar-refractivity contribution is 0.254. The Morgan fingerprint density at radius 2 is 1.90 bits per heavy atom.